The number of nitrogens with zero attached hydrogens (tertiary/aromatic N) is 1. The van der Waals surface area contributed by atoms with Crippen LogP contribution in [0.5, 0.6) is 0 Å². The van der Waals surface area contributed by atoms with Crippen LogP contribution in [0.2, 0.25) is 0 Å². The molecule has 0 spiro atoms. The second-order valence-corrected chi connectivity index (χ2v) is 5.34. The lowest BCUT2D eigenvalue weighted by Gasteiger charge is -2.28. The van der Waals surface area contributed by atoms with Crippen molar-refractivity contribution in [3.05, 3.63) is 42.1 Å². The van der Waals surface area contributed by atoms with Gasteiger partial charge in [0.2, 0.25) is 0 Å². The second kappa shape index (κ2) is 6.36. The zero-order valence-corrected chi connectivity index (χ0v) is 11.9. The number of aromatic nitrogens is 1. The van der Waals surface area contributed by atoms with E-state index in [-0.39, 0.29) is 18.4 Å². The standard InChI is InChI=1S/C16H20N2.ClH/c17-16(12-6-2-1-3-7-12)14-10-11-18-15-9-5-4-8-13(14)15;/h4-5,8-12,16H,1-3,6-7,17H2;1H/t16-;/m1./s1. The van der Waals surface area contributed by atoms with Crippen molar-refractivity contribution in [2.75, 3.05) is 0 Å². The summed E-state index contributed by atoms with van der Waals surface area (Å²) < 4.78 is 0. The Hall–Kier alpha value is -1.12. The Kier molecular flexibility index (Phi) is 4.78. The van der Waals surface area contributed by atoms with Crippen LogP contribution < -0.4 is 5.73 Å². The Morgan fingerprint density at radius 1 is 1.05 bits per heavy atom. The number of benzene rings is 1. The summed E-state index contributed by atoms with van der Waals surface area (Å²) in [7, 11) is 0. The minimum atomic E-state index is 0. The smallest absolute Gasteiger partial charge is 0.0705 e. The predicted octanol–water partition coefficient (Wildman–Crippen LogP) is 4.24. The fourth-order valence-electron chi connectivity index (χ4n) is 3.16. The van der Waals surface area contributed by atoms with Gasteiger partial charge in [-0.25, -0.2) is 0 Å². The lowest BCUT2D eigenvalue weighted by atomic mass is 9.81. The van der Waals surface area contributed by atoms with Crippen molar-refractivity contribution in [1.82, 2.24) is 4.98 Å². The van der Waals surface area contributed by atoms with Crippen LogP contribution in [0.3, 0.4) is 0 Å². The van der Waals surface area contributed by atoms with Gasteiger partial charge in [-0.15, -0.1) is 12.4 Å². The van der Waals surface area contributed by atoms with E-state index in [9.17, 15) is 0 Å². The third kappa shape index (κ3) is 2.90. The molecule has 0 saturated heterocycles. The first-order valence-corrected chi connectivity index (χ1v) is 6.95. The van der Waals surface area contributed by atoms with Crippen molar-refractivity contribution in [2.24, 2.45) is 11.7 Å². The van der Waals surface area contributed by atoms with E-state index in [4.69, 9.17) is 5.73 Å². The molecule has 2 nitrogen and oxygen atoms in total. The molecule has 1 heterocycles. The fraction of sp³-hybridized carbons (Fsp3) is 0.438. The molecular weight excluding hydrogens is 256 g/mol. The van der Waals surface area contributed by atoms with Crippen molar-refractivity contribution in [1.29, 1.82) is 0 Å². The van der Waals surface area contributed by atoms with Gasteiger partial charge in [-0.1, -0.05) is 37.5 Å². The van der Waals surface area contributed by atoms with Crippen LogP contribution in [-0.2, 0) is 0 Å². The van der Waals surface area contributed by atoms with Gasteiger partial charge >= 0.3 is 0 Å². The summed E-state index contributed by atoms with van der Waals surface area (Å²) in [6.45, 7) is 0. The number of hydrogen-bond donors (Lipinski definition) is 1. The predicted molar refractivity (Wildman–Crippen MR) is 82.5 cm³/mol. The van der Waals surface area contributed by atoms with E-state index in [2.05, 4.69) is 29.2 Å². The van der Waals surface area contributed by atoms with Gasteiger partial charge in [0.25, 0.3) is 0 Å². The SMILES string of the molecule is Cl.N[C@@H](c1ccnc2ccccc12)C1CCCCC1. The molecule has 0 bridgehead atoms. The average molecular weight is 277 g/mol. The van der Waals surface area contributed by atoms with Gasteiger partial charge in [-0.3, -0.25) is 4.98 Å². The van der Waals surface area contributed by atoms with Gasteiger partial charge in [0.1, 0.15) is 0 Å². The second-order valence-electron chi connectivity index (χ2n) is 5.34. The molecule has 1 aliphatic carbocycles. The Bertz CT molecular complexity index is 530. The molecular formula is C16H21ClN2. The van der Waals surface area contributed by atoms with Crippen LogP contribution in [0.1, 0.15) is 43.7 Å². The molecule has 1 aromatic heterocycles. The molecule has 3 rings (SSSR count). The molecule has 1 saturated carbocycles. The third-order valence-corrected chi connectivity index (χ3v) is 4.20. The summed E-state index contributed by atoms with van der Waals surface area (Å²) >= 11 is 0. The number of nitrogens with two attached hydrogens (primary N) is 1. The van der Waals surface area contributed by atoms with Crippen LogP contribution in [-0.4, -0.2) is 4.98 Å². The summed E-state index contributed by atoms with van der Waals surface area (Å²) in [5.41, 5.74) is 8.84. The van der Waals surface area contributed by atoms with Crippen molar-refractivity contribution in [3.63, 3.8) is 0 Å². The topological polar surface area (TPSA) is 38.9 Å². The summed E-state index contributed by atoms with van der Waals surface area (Å²) in [5.74, 6) is 0.643. The Morgan fingerprint density at radius 2 is 1.79 bits per heavy atom. The molecule has 0 amide bonds. The summed E-state index contributed by atoms with van der Waals surface area (Å²) in [4.78, 5) is 4.41. The molecule has 1 fully saturated rings. The quantitative estimate of drug-likeness (QED) is 0.891. The molecule has 0 unspecified atom stereocenters. The van der Waals surface area contributed by atoms with Crippen molar-refractivity contribution >= 4 is 23.3 Å². The highest BCUT2D eigenvalue weighted by Crippen LogP contribution is 2.35. The molecule has 2 aromatic rings. The molecule has 3 heteroatoms. The number of pyridine rings is 1. The zero-order valence-electron chi connectivity index (χ0n) is 11.1. The van der Waals surface area contributed by atoms with E-state index in [1.807, 2.05) is 12.3 Å². The molecule has 19 heavy (non-hydrogen) atoms. The van der Waals surface area contributed by atoms with Gasteiger partial charge < -0.3 is 5.73 Å². The molecule has 1 atom stereocenters. The largest absolute Gasteiger partial charge is 0.324 e. The Balaban J connectivity index is 0.00000133. The maximum absolute atomic E-state index is 6.51. The van der Waals surface area contributed by atoms with Crippen molar-refractivity contribution in [2.45, 2.75) is 38.1 Å². The minimum Gasteiger partial charge on any atom is -0.324 e. The number of para-hydroxylation sites is 1. The molecule has 1 aliphatic rings. The van der Waals surface area contributed by atoms with Crippen LogP contribution in [0.4, 0.5) is 0 Å². The Labute approximate surface area is 120 Å². The van der Waals surface area contributed by atoms with Gasteiger partial charge in [0, 0.05) is 17.6 Å². The monoisotopic (exact) mass is 276 g/mol. The maximum atomic E-state index is 6.51. The summed E-state index contributed by atoms with van der Waals surface area (Å²) in [5, 5.41) is 1.22. The normalized spacial score (nSPS) is 17.9. The Morgan fingerprint density at radius 3 is 2.58 bits per heavy atom. The molecule has 102 valence electrons. The van der Waals surface area contributed by atoms with Gasteiger partial charge in [0.15, 0.2) is 0 Å². The zero-order chi connectivity index (χ0) is 12.4. The van der Waals surface area contributed by atoms with Gasteiger partial charge in [-0.2, -0.15) is 0 Å². The first-order chi connectivity index (χ1) is 8.86. The molecule has 0 radical (unpaired) electrons. The first kappa shape index (κ1) is 14.3. The highest BCUT2D eigenvalue weighted by atomic mass is 35.5. The average Bonchev–Trinajstić information content (AvgIpc) is 2.47. The summed E-state index contributed by atoms with van der Waals surface area (Å²) in [6.07, 6.45) is 8.49. The molecule has 2 N–H and O–H groups in total. The summed E-state index contributed by atoms with van der Waals surface area (Å²) in [6, 6.07) is 10.6. The van der Waals surface area contributed by atoms with E-state index in [1.165, 1.54) is 43.1 Å². The number of rotatable bonds is 2. The number of halogens is 1. The van der Waals surface area contributed by atoms with E-state index in [0.29, 0.717) is 5.92 Å². The number of fused-ring (bicyclic) bond motifs is 1. The third-order valence-electron chi connectivity index (χ3n) is 4.20. The minimum absolute atomic E-state index is 0. The van der Waals surface area contributed by atoms with Gasteiger partial charge in [0.05, 0.1) is 5.52 Å². The lowest BCUT2D eigenvalue weighted by Crippen LogP contribution is -2.23. The lowest BCUT2D eigenvalue weighted by molar-refractivity contribution is 0.309. The van der Waals surface area contributed by atoms with E-state index in [0.717, 1.165) is 5.52 Å². The van der Waals surface area contributed by atoms with E-state index >= 15 is 0 Å². The van der Waals surface area contributed by atoms with Crippen LogP contribution in [0, 0.1) is 5.92 Å². The molecule has 0 aliphatic heterocycles. The molecule has 1 aromatic carbocycles. The van der Waals surface area contributed by atoms with Gasteiger partial charge in [-0.05, 0) is 36.5 Å². The van der Waals surface area contributed by atoms with Crippen molar-refractivity contribution < 1.29 is 0 Å². The van der Waals surface area contributed by atoms with Crippen LogP contribution in [0.15, 0.2) is 36.5 Å². The van der Waals surface area contributed by atoms with Crippen molar-refractivity contribution in [3.8, 4) is 0 Å². The highest BCUT2D eigenvalue weighted by molar-refractivity contribution is 5.85. The fourth-order valence-corrected chi connectivity index (χ4v) is 3.16. The maximum Gasteiger partial charge on any atom is 0.0705 e. The number of hydrogen-bond acceptors (Lipinski definition) is 2. The van der Waals surface area contributed by atoms with Crippen LogP contribution in [0.25, 0.3) is 10.9 Å². The first-order valence-electron chi connectivity index (χ1n) is 6.95. The highest BCUT2D eigenvalue weighted by Gasteiger charge is 2.23. The van der Waals surface area contributed by atoms with E-state index < -0.39 is 0 Å². The van der Waals surface area contributed by atoms with Crippen LogP contribution >= 0.6 is 12.4 Å². The van der Waals surface area contributed by atoms with E-state index in [1.54, 1.807) is 0 Å².